The number of imidazole rings is 1. The van der Waals surface area contributed by atoms with Gasteiger partial charge in [0.15, 0.2) is 0 Å². The van der Waals surface area contributed by atoms with E-state index in [1.54, 1.807) is 6.20 Å². The average molecular weight is 277 g/mol. The van der Waals surface area contributed by atoms with Crippen molar-refractivity contribution in [2.45, 2.75) is 37.8 Å². The van der Waals surface area contributed by atoms with E-state index in [2.05, 4.69) is 27.2 Å². The highest BCUT2D eigenvalue weighted by atomic mass is 16.2. The fourth-order valence-electron chi connectivity index (χ4n) is 3.15. The van der Waals surface area contributed by atoms with Crippen LogP contribution in [0.4, 0.5) is 4.79 Å². The lowest BCUT2D eigenvalue weighted by molar-refractivity contribution is 0.105. The molecule has 6 heteroatoms. The lowest BCUT2D eigenvalue weighted by Crippen LogP contribution is -2.53. The normalized spacial score (nSPS) is 25.1. The number of rotatable bonds is 2. The van der Waals surface area contributed by atoms with E-state index < -0.39 is 0 Å². The van der Waals surface area contributed by atoms with Crippen LogP contribution in [0, 0.1) is 0 Å². The zero-order chi connectivity index (χ0) is 13.9. The summed E-state index contributed by atoms with van der Waals surface area (Å²) in [5, 5.41) is 3.17. The van der Waals surface area contributed by atoms with Crippen molar-refractivity contribution in [3.8, 4) is 0 Å². The summed E-state index contributed by atoms with van der Waals surface area (Å²) in [6.45, 7) is 2.36. The summed E-state index contributed by atoms with van der Waals surface area (Å²) in [4.78, 5) is 24.0. The van der Waals surface area contributed by atoms with Crippen LogP contribution in [0.15, 0.2) is 12.4 Å². The number of aromatic amines is 1. The van der Waals surface area contributed by atoms with Crippen LogP contribution in [0.25, 0.3) is 0 Å². The zero-order valence-electron chi connectivity index (χ0n) is 12.0. The lowest BCUT2D eigenvalue weighted by Gasteiger charge is -2.38. The van der Waals surface area contributed by atoms with E-state index in [4.69, 9.17) is 0 Å². The quantitative estimate of drug-likeness (QED) is 0.857. The van der Waals surface area contributed by atoms with E-state index in [-0.39, 0.29) is 12.1 Å². The second-order valence-corrected chi connectivity index (χ2v) is 5.85. The summed E-state index contributed by atoms with van der Waals surface area (Å²) in [5.41, 5.74) is 0. The number of hydrogen-bond donors (Lipinski definition) is 2. The van der Waals surface area contributed by atoms with Crippen molar-refractivity contribution in [3.05, 3.63) is 18.2 Å². The Hall–Kier alpha value is -1.56. The Kier molecular flexibility index (Phi) is 3.91. The van der Waals surface area contributed by atoms with E-state index in [0.29, 0.717) is 12.6 Å². The van der Waals surface area contributed by atoms with Crippen LogP contribution in [0.3, 0.4) is 0 Å². The molecule has 2 aliphatic rings. The molecular weight excluding hydrogens is 254 g/mol. The molecule has 1 saturated carbocycles. The van der Waals surface area contributed by atoms with Crippen molar-refractivity contribution in [2.24, 2.45) is 0 Å². The van der Waals surface area contributed by atoms with Crippen molar-refractivity contribution in [1.29, 1.82) is 0 Å². The van der Waals surface area contributed by atoms with Crippen LogP contribution >= 0.6 is 0 Å². The number of aromatic nitrogens is 2. The summed E-state index contributed by atoms with van der Waals surface area (Å²) < 4.78 is 0. The number of carbonyl (C=O) groups is 1. The largest absolute Gasteiger partial charge is 0.347 e. The number of H-pyrrole nitrogens is 1. The predicted octanol–water partition coefficient (Wildman–Crippen LogP) is 1.35. The highest BCUT2D eigenvalue weighted by Crippen LogP contribution is 2.22. The molecule has 1 aromatic rings. The number of nitrogens with one attached hydrogen (secondary N) is 2. The van der Waals surface area contributed by atoms with E-state index in [1.165, 1.54) is 12.8 Å². The van der Waals surface area contributed by atoms with Gasteiger partial charge in [-0.3, -0.25) is 4.90 Å². The first-order chi connectivity index (χ1) is 9.74. The number of nitrogens with zero attached hydrogens (tertiary/aromatic N) is 3. The molecule has 20 heavy (non-hydrogen) atoms. The molecule has 2 heterocycles. The smallest absolute Gasteiger partial charge is 0.317 e. The van der Waals surface area contributed by atoms with Crippen LogP contribution in [-0.4, -0.2) is 58.5 Å². The van der Waals surface area contributed by atoms with Gasteiger partial charge in [0.2, 0.25) is 0 Å². The summed E-state index contributed by atoms with van der Waals surface area (Å²) in [6, 6.07) is 0.624. The van der Waals surface area contributed by atoms with Crippen LogP contribution in [0.5, 0.6) is 0 Å². The van der Waals surface area contributed by atoms with Crippen molar-refractivity contribution in [3.63, 3.8) is 0 Å². The van der Waals surface area contributed by atoms with Crippen LogP contribution < -0.4 is 5.32 Å². The van der Waals surface area contributed by atoms with E-state index in [1.807, 2.05) is 11.1 Å². The molecule has 0 bridgehead atoms. The molecule has 1 aliphatic heterocycles. The minimum atomic E-state index is 0.0848. The highest BCUT2D eigenvalue weighted by molar-refractivity contribution is 5.74. The minimum absolute atomic E-state index is 0.0848. The molecule has 1 atom stereocenters. The Morgan fingerprint density at radius 1 is 1.40 bits per heavy atom. The number of amides is 2. The maximum Gasteiger partial charge on any atom is 0.317 e. The van der Waals surface area contributed by atoms with Crippen molar-refractivity contribution >= 4 is 6.03 Å². The first kappa shape index (κ1) is 13.4. The Balaban J connectivity index is 1.61. The zero-order valence-corrected chi connectivity index (χ0v) is 12.0. The second-order valence-electron chi connectivity index (χ2n) is 5.85. The molecule has 1 aromatic heterocycles. The molecule has 110 valence electrons. The maximum absolute atomic E-state index is 12.3. The Bertz CT molecular complexity index is 440. The number of hydrogen-bond acceptors (Lipinski definition) is 3. The molecule has 6 nitrogen and oxygen atoms in total. The minimum Gasteiger partial charge on any atom is -0.347 e. The third-order valence-corrected chi connectivity index (χ3v) is 4.45. The molecule has 1 saturated heterocycles. The Morgan fingerprint density at radius 2 is 2.20 bits per heavy atom. The molecule has 2 N–H and O–H groups in total. The van der Waals surface area contributed by atoms with Gasteiger partial charge in [-0.25, -0.2) is 9.78 Å². The van der Waals surface area contributed by atoms with Crippen molar-refractivity contribution in [1.82, 2.24) is 25.1 Å². The molecular formula is C14H23N5O. The number of likely N-dealkylation sites (N-methyl/N-ethyl adjacent to an activating group) is 1. The van der Waals surface area contributed by atoms with Crippen molar-refractivity contribution < 1.29 is 4.79 Å². The molecule has 0 spiro atoms. The number of carbonyl (C=O) groups excluding carboxylic acids is 1. The highest BCUT2D eigenvalue weighted by Gasteiger charge is 2.30. The predicted molar refractivity (Wildman–Crippen MR) is 76.3 cm³/mol. The molecule has 0 aromatic carbocycles. The van der Waals surface area contributed by atoms with Gasteiger partial charge in [-0.05, 0) is 19.9 Å². The topological polar surface area (TPSA) is 64.3 Å². The summed E-state index contributed by atoms with van der Waals surface area (Å²) in [5.74, 6) is 0.936. The summed E-state index contributed by atoms with van der Waals surface area (Å²) in [7, 11) is 2.08. The molecule has 2 amide bonds. The van der Waals surface area contributed by atoms with Gasteiger partial charge in [-0.2, -0.15) is 0 Å². The Labute approximate surface area is 119 Å². The van der Waals surface area contributed by atoms with Gasteiger partial charge >= 0.3 is 6.03 Å². The molecule has 1 unspecified atom stereocenters. The lowest BCUT2D eigenvalue weighted by atomic mass is 10.1. The van der Waals surface area contributed by atoms with Crippen LogP contribution in [0.2, 0.25) is 0 Å². The van der Waals surface area contributed by atoms with Crippen LogP contribution in [-0.2, 0) is 0 Å². The second kappa shape index (κ2) is 5.83. The SMILES string of the molecule is CN1CCN(C(=O)NC2CCCC2)CC1c1ncc[nH]1. The third-order valence-electron chi connectivity index (χ3n) is 4.45. The monoisotopic (exact) mass is 277 g/mol. The van der Waals surface area contributed by atoms with E-state index in [0.717, 1.165) is 31.8 Å². The number of urea groups is 1. The number of piperazine rings is 1. The van der Waals surface area contributed by atoms with Gasteiger partial charge in [-0.1, -0.05) is 12.8 Å². The molecule has 1 aliphatic carbocycles. The summed E-state index contributed by atoms with van der Waals surface area (Å²) in [6.07, 6.45) is 8.33. The molecule has 0 radical (unpaired) electrons. The first-order valence-electron chi connectivity index (χ1n) is 7.49. The van der Waals surface area contributed by atoms with Gasteiger partial charge in [0.1, 0.15) is 5.82 Å². The van der Waals surface area contributed by atoms with Crippen LogP contribution in [0.1, 0.15) is 37.5 Å². The van der Waals surface area contributed by atoms with E-state index in [9.17, 15) is 4.79 Å². The molecule has 3 rings (SSSR count). The van der Waals surface area contributed by atoms with Gasteiger partial charge in [-0.15, -0.1) is 0 Å². The van der Waals surface area contributed by atoms with Gasteiger partial charge in [0.05, 0.1) is 6.04 Å². The van der Waals surface area contributed by atoms with E-state index >= 15 is 0 Å². The van der Waals surface area contributed by atoms with Gasteiger partial charge < -0.3 is 15.2 Å². The third kappa shape index (κ3) is 2.80. The summed E-state index contributed by atoms with van der Waals surface area (Å²) >= 11 is 0. The fourth-order valence-corrected chi connectivity index (χ4v) is 3.15. The average Bonchev–Trinajstić information content (AvgIpc) is 3.11. The van der Waals surface area contributed by atoms with Gasteiger partial charge in [0, 0.05) is 38.1 Å². The van der Waals surface area contributed by atoms with Crippen molar-refractivity contribution in [2.75, 3.05) is 26.7 Å². The Morgan fingerprint density at radius 3 is 2.90 bits per heavy atom. The molecule has 2 fully saturated rings. The van der Waals surface area contributed by atoms with Gasteiger partial charge in [0.25, 0.3) is 0 Å². The standard InChI is InChI=1S/C14H23N5O/c1-18-8-9-19(10-12(18)13-15-6-7-16-13)14(20)17-11-4-2-3-5-11/h6-7,11-12H,2-5,8-10H2,1H3,(H,15,16)(H,17,20). The maximum atomic E-state index is 12.3. The fraction of sp³-hybridized carbons (Fsp3) is 0.714. The first-order valence-corrected chi connectivity index (χ1v) is 7.49.